The van der Waals surface area contributed by atoms with Crippen LogP contribution in [-0.4, -0.2) is 42.9 Å². The smallest absolute Gasteiger partial charge is 0.349 e. The maximum Gasteiger partial charge on any atom is 0.349 e. The number of aromatic amines is 1. The first-order chi connectivity index (χ1) is 19.0. The number of benzene rings is 2. The maximum absolute atomic E-state index is 12.8. The molecule has 5 rings (SSSR count). The molecule has 4 N–H and O–H groups in total. The molecule has 0 amide bonds. The van der Waals surface area contributed by atoms with Gasteiger partial charge in [0.25, 0.3) is 0 Å². The molecular weight excluding hydrogens is 496 g/mol. The Morgan fingerprint density at radius 3 is 2.56 bits per heavy atom. The van der Waals surface area contributed by atoms with Crippen LogP contribution in [0.4, 0.5) is 0 Å². The van der Waals surface area contributed by atoms with Crippen LogP contribution in [-0.2, 0) is 13.0 Å². The normalized spacial score (nSPS) is 11.6. The van der Waals surface area contributed by atoms with E-state index in [9.17, 15) is 4.79 Å². The lowest BCUT2D eigenvalue weighted by Crippen LogP contribution is -2.17. The highest BCUT2D eigenvalue weighted by Gasteiger charge is 2.23. The molecule has 0 radical (unpaired) electrons. The summed E-state index contributed by atoms with van der Waals surface area (Å²) in [4.78, 5) is 19.8. The van der Waals surface area contributed by atoms with Crippen molar-refractivity contribution in [2.24, 2.45) is 5.73 Å². The van der Waals surface area contributed by atoms with Gasteiger partial charge in [-0.25, -0.2) is 4.79 Å². The second-order valence-electron chi connectivity index (χ2n) is 8.74. The molecule has 0 fully saturated rings. The van der Waals surface area contributed by atoms with Gasteiger partial charge in [-0.15, -0.1) is 10.2 Å². The highest BCUT2D eigenvalue weighted by molar-refractivity contribution is 5.94. The van der Waals surface area contributed by atoms with E-state index in [1.54, 1.807) is 43.8 Å². The zero-order valence-electron chi connectivity index (χ0n) is 21.1. The number of aromatic nitrogens is 6. The fourth-order valence-corrected chi connectivity index (χ4v) is 4.15. The SMILES string of the molecule is COc1cc(C(Cc2ccc(C(=N)N)cc2)c2nn(-c3cccnn3)c(=O)[nH]2)ccc1OCc1cccnc1. The van der Waals surface area contributed by atoms with Gasteiger partial charge < -0.3 is 15.2 Å². The van der Waals surface area contributed by atoms with E-state index in [2.05, 4.69) is 25.3 Å². The van der Waals surface area contributed by atoms with Crippen molar-refractivity contribution in [1.82, 2.24) is 29.9 Å². The van der Waals surface area contributed by atoms with E-state index in [0.717, 1.165) is 16.7 Å². The molecule has 196 valence electrons. The minimum Gasteiger partial charge on any atom is -0.493 e. The van der Waals surface area contributed by atoms with Gasteiger partial charge in [-0.05, 0) is 47.9 Å². The van der Waals surface area contributed by atoms with Crippen molar-refractivity contribution in [3.8, 4) is 17.3 Å². The van der Waals surface area contributed by atoms with Crippen LogP contribution in [0.1, 0.15) is 34.0 Å². The first kappa shape index (κ1) is 25.3. The Morgan fingerprint density at radius 1 is 1.05 bits per heavy atom. The van der Waals surface area contributed by atoms with E-state index in [0.29, 0.717) is 41.7 Å². The molecule has 1 unspecified atom stereocenters. The molecule has 3 heterocycles. The number of nitrogens with two attached hydrogens (primary N) is 1. The van der Waals surface area contributed by atoms with Crippen molar-refractivity contribution in [2.75, 3.05) is 7.11 Å². The highest BCUT2D eigenvalue weighted by Crippen LogP contribution is 2.34. The van der Waals surface area contributed by atoms with Gasteiger partial charge in [-0.3, -0.25) is 15.4 Å². The molecule has 0 bridgehead atoms. The molecule has 0 aliphatic carbocycles. The lowest BCUT2D eigenvalue weighted by Gasteiger charge is -2.18. The Morgan fingerprint density at radius 2 is 1.87 bits per heavy atom. The minimum absolute atomic E-state index is 0.00301. The summed E-state index contributed by atoms with van der Waals surface area (Å²) in [6.07, 6.45) is 5.49. The lowest BCUT2D eigenvalue weighted by molar-refractivity contribution is 0.284. The van der Waals surface area contributed by atoms with E-state index < -0.39 is 5.69 Å². The van der Waals surface area contributed by atoms with E-state index in [1.165, 1.54) is 10.9 Å². The molecule has 39 heavy (non-hydrogen) atoms. The molecule has 5 aromatic rings. The van der Waals surface area contributed by atoms with Crippen LogP contribution in [0.3, 0.4) is 0 Å². The van der Waals surface area contributed by atoms with Crippen LogP contribution in [0.25, 0.3) is 5.82 Å². The fourth-order valence-electron chi connectivity index (χ4n) is 4.15. The Labute approximate surface area is 223 Å². The Kier molecular flexibility index (Phi) is 7.39. The average molecular weight is 523 g/mol. The number of nitrogens with one attached hydrogen (secondary N) is 2. The van der Waals surface area contributed by atoms with Gasteiger partial charge in [0.1, 0.15) is 18.3 Å². The van der Waals surface area contributed by atoms with Gasteiger partial charge in [0, 0.05) is 35.6 Å². The summed E-state index contributed by atoms with van der Waals surface area (Å²) in [5.74, 6) is 1.53. The standard InChI is InChI=1S/C28H26N8O3/c1-38-24-15-21(10-11-23(24)39-17-19-4-2-12-31-16-19)22(14-18-6-8-20(9-7-18)26(29)30)27-33-28(37)36(35-27)25-5-3-13-32-34-25/h2-13,15-16,22H,14,17H2,1H3,(H3,29,30)(H,33,35,37). The lowest BCUT2D eigenvalue weighted by atomic mass is 9.90. The zero-order valence-corrected chi connectivity index (χ0v) is 21.1. The minimum atomic E-state index is -0.425. The molecule has 1 atom stereocenters. The molecule has 3 aromatic heterocycles. The van der Waals surface area contributed by atoms with E-state index in [-0.39, 0.29) is 11.8 Å². The molecule has 11 nitrogen and oxygen atoms in total. The van der Waals surface area contributed by atoms with Gasteiger partial charge in [0.2, 0.25) is 0 Å². The highest BCUT2D eigenvalue weighted by atomic mass is 16.5. The second kappa shape index (κ2) is 11.4. The first-order valence-corrected chi connectivity index (χ1v) is 12.1. The number of nitrogens with zero attached hydrogens (tertiary/aromatic N) is 5. The third kappa shape index (κ3) is 5.82. The van der Waals surface area contributed by atoms with Crippen molar-refractivity contribution >= 4 is 5.84 Å². The largest absolute Gasteiger partial charge is 0.493 e. The topological polar surface area (TPSA) is 158 Å². The third-order valence-corrected chi connectivity index (χ3v) is 6.15. The van der Waals surface area contributed by atoms with Crippen molar-refractivity contribution in [2.45, 2.75) is 18.9 Å². The second-order valence-corrected chi connectivity index (χ2v) is 8.74. The molecule has 0 spiro atoms. The summed E-state index contributed by atoms with van der Waals surface area (Å²) in [7, 11) is 1.58. The van der Waals surface area contributed by atoms with Crippen molar-refractivity contribution in [3.05, 3.63) is 124 Å². The maximum atomic E-state index is 12.8. The summed E-state index contributed by atoms with van der Waals surface area (Å²) in [5.41, 5.74) is 8.59. The van der Waals surface area contributed by atoms with Gasteiger partial charge in [-0.1, -0.05) is 36.4 Å². The zero-order chi connectivity index (χ0) is 27.2. The third-order valence-electron chi connectivity index (χ3n) is 6.15. The Balaban J connectivity index is 1.50. The van der Waals surface area contributed by atoms with Crippen molar-refractivity contribution in [3.63, 3.8) is 0 Å². The van der Waals surface area contributed by atoms with E-state index in [1.807, 2.05) is 42.5 Å². The van der Waals surface area contributed by atoms with Gasteiger partial charge in [-0.2, -0.15) is 9.78 Å². The number of hydrogen-bond acceptors (Lipinski definition) is 8. The molecule has 2 aromatic carbocycles. The first-order valence-electron chi connectivity index (χ1n) is 12.1. The number of methoxy groups -OCH3 is 1. The number of hydrogen-bond donors (Lipinski definition) is 3. The number of H-pyrrole nitrogens is 1. The van der Waals surface area contributed by atoms with Crippen LogP contribution in [0.2, 0.25) is 0 Å². The fraction of sp³-hybridized carbons (Fsp3) is 0.143. The van der Waals surface area contributed by atoms with E-state index >= 15 is 0 Å². The summed E-state index contributed by atoms with van der Waals surface area (Å²) >= 11 is 0. The average Bonchev–Trinajstić information content (AvgIpc) is 3.37. The van der Waals surface area contributed by atoms with Gasteiger partial charge in [0.15, 0.2) is 17.3 Å². The van der Waals surface area contributed by atoms with Crippen LogP contribution in [0.15, 0.2) is 90.1 Å². The number of rotatable bonds is 10. The molecular formula is C28H26N8O3. The van der Waals surface area contributed by atoms with Crippen LogP contribution in [0.5, 0.6) is 11.5 Å². The molecule has 0 aliphatic heterocycles. The van der Waals surface area contributed by atoms with Crippen molar-refractivity contribution < 1.29 is 9.47 Å². The molecule has 0 saturated heterocycles. The van der Waals surface area contributed by atoms with Crippen LogP contribution in [0, 0.1) is 5.41 Å². The molecule has 0 saturated carbocycles. The summed E-state index contributed by atoms with van der Waals surface area (Å²) in [6, 6.07) is 20.2. The number of nitrogen functional groups attached to an aromatic ring is 1. The Hall–Kier alpha value is -5.32. The van der Waals surface area contributed by atoms with Crippen LogP contribution < -0.4 is 20.9 Å². The van der Waals surface area contributed by atoms with Crippen LogP contribution >= 0.6 is 0 Å². The molecule has 0 aliphatic rings. The Bertz CT molecular complexity index is 1620. The van der Waals surface area contributed by atoms with E-state index in [4.69, 9.17) is 20.6 Å². The quantitative estimate of drug-likeness (QED) is 0.187. The predicted octanol–water partition coefficient (Wildman–Crippen LogP) is 2.99. The summed E-state index contributed by atoms with van der Waals surface area (Å²) < 4.78 is 12.8. The summed E-state index contributed by atoms with van der Waals surface area (Å²) in [6.45, 7) is 0.339. The van der Waals surface area contributed by atoms with Crippen molar-refractivity contribution in [1.29, 1.82) is 5.41 Å². The van der Waals surface area contributed by atoms with Gasteiger partial charge in [0.05, 0.1) is 7.11 Å². The van der Waals surface area contributed by atoms with Gasteiger partial charge >= 0.3 is 5.69 Å². The monoisotopic (exact) mass is 522 g/mol. The predicted molar refractivity (Wildman–Crippen MR) is 144 cm³/mol. The molecule has 11 heteroatoms. The number of amidine groups is 1. The number of ether oxygens (including phenoxy) is 2. The number of pyridine rings is 1. The summed E-state index contributed by atoms with van der Waals surface area (Å²) in [5, 5.41) is 20.1.